The highest BCUT2D eigenvalue weighted by Crippen LogP contribution is 2.24. The Bertz CT molecular complexity index is 749. The average Bonchev–Trinajstić information content (AvgIpc) is 3.04. The van der Waals surface area contributed by atoms with Crippen molar-refractivity contribution >= 4 is 5.91 Å². The Morgan fingerprint density at radius 1 is 1.33 bits per heavy atom. The van der Waals surface area contributed by atoms with Crippen molar-refractivity contribution in [2.75, 3.05) is 26.7 Å². The number of piperidine rings is 1. The highest BCUT2D eigenvalue weighted by atomic mass is 16.5. The molecule has 1 aliphatic heterocycles. The number of carbonyl (C=O) groups is 1. The molecule has 3 rings (SSSR count). The molecule has 1 N–H and O–H groups in total. The number of likely N-dealkylation sites (N-methyl/N-ethyl adjacent to an activating group) is 1. The number of carbonyl (C=O) groups excluding carboxylic acids is 1. The highest BCUT2D eigenvalue weighted by Gasteiger charge is 2.42. The van der Waals surface area contributed by atoms with Crippen LogP contribution in [0.3, 0.4) is 0 Å². The first kappa shape index (κ1) is 19.5. The first-order chi connectivity index (χ1) is 13.0. The van der Waals surface area contributed by atoms with Crippen LogP contribution in [0, 0.1) is 6.92 Å². The Balaban J connectivity index is 1.52. The van der Waals surface area contributed by atoms with Gasteiger partial charge in [-0.1, -0.05) is 35.5 Å². The van der Waals surface area contributed by atoms with Gasteiger partial charge in [0.2, 0.25) is 5.89 Å². The number of benzene rings is 1. The number of amides is 1. The maximum Gasteiger partial charge on any atom is 0.255 e. The number of nitrogens with zero attached hydrogens (tertiary/aromatic N) is 4. The molecule has 0 saturated carbocycles. The van der Waals surface area contributed by atoms with Crippen molar-refractivity contribution in [2.24, 2.45) is 0 Å². The van der Waals surface area contributed by atoms with Gasteiger partial charge in [-0.05, 0) is 38.3 Å². The van der Waals surface area contributed by atoms with Crippen molar-refractivity contribution in [1.29, 1.82) is 0 Å². The zero-order valence-electron chi connectivity index (χ0n) is 16.1. The zero-order valence-corrected chi connectivity index (χ0v) is 16.1. The number of aryl methyl sites for hydroxylation is 2. The molecule has 1 fully saturated rings. The lowest BCUT2D eigenvalue weighted by Crippen LogP contribution is -2.58. The molecule has 27 heavy (non-hydrogen) atoms. The Morgan fingerprint density at radius 2 is 2.11 bits per heavy atom. The third-order valence-electron chi connectivity index (χ3n) is 4.95. The molecule has 1 aliphatic rings. The normalized spacial score (nSPS) is 20.4. The van der Waals surface area contributed by atoms with Crippen LogP contribution in [-0.4, -0.2) is 63.2 Å². The van der Waals surface area contributed by atoms with Gasteiger partial charge in [-0.3, -0.25) is 9.69 Å². The molecule has 0 aliphatic carbocycles. The van der Waals surface area contributed by atoms with E-state index in [4.69, 9.17) is 4.52 Å². The second-order valence-electron chi connectivity index (χ2n) is 7.42. The van der Waals surface area contributed by atoms with Gasteiger partial charge in [-0.2, -0.15) is 4.98 Å². The van der Waals surface area contributed by atoms with Crippen molar-refractivity contribution in [3.63, 3.8) is 0 Å². The molecule has 1 amide bonds. The minimum absolute atomic E-state index is 0.169. The molecule has 7 heteroatoms. The third-order valence-corrected chi connectivity index (χ3v) is 4.95. The molecular formula is C20H28N4O3. The number of likely N-dealkylation sites (tertiary alicyclic amines) is 1. The van der Waals surface area contributed by atoms with E-state index in [2.05, 4.69) is 22.3 Å². The predicted octanol–water partition coefficient (Wildman–Crippen LogP) is 1.80. The Hall–Kier alpha value is -2.25. The van der Waals surface area contributed by atoms with Crippen LogP contribution in [0.5, 0.6) is 0 Å². The summed E-state index contributed by atoms with van der Waals surface area (Å²) in [5.74, 6) is 0.898. The Labute approximate surface area is 160 Å². The smallest absolute Gasteiger partial charge is 0.255 e. The first-order valence-corrected chi connectivity index (χ1v) is 9.50. The highest BCUT2D eigenvalue weighted by molar-refractivity contribution is 5.86. The standard InChI is InChI=1S/C20H28N4O3/c1-16-21-18(22-27-16)14-23(2)15-20(26)11-7-13-24(19(20)25)12-6-10-17-8-4-3-5-9-17/h3-5,8-9,26H,6-7,10-15H2,1-2H3. The number of aromatic nitrogens is 2. The molecule has 0 bridgehead atoms. The van der Waals surface area contributed by atoms with Gasteiger partial charge < -0.3 is 14.5 Å². The lowest BCUT2D eigenvalue weighted by Gasteiger charge is -2.40. The van der Waals surface area contributed by atoms with E-state index in [-0.39, 0.29) is 12.5 Å². The molecule has 146 valence electrons. The summed E-state index contributed by atoms with van der Waals surface area (Å²) in [6.45, 7) is 3.81. The van der Waals surface area contributed by atoms with E-state index in [1.165, 1.54) is 5.56 Å². The van der Waals surface area contributed by atoms with Crippen LogP contribution in [-0.2, 0) is 17.8 Å². The summed E-state index contributed by atoms with van der Waals surface area (Å²) in [7, 11) is 1.85. The number of hydrogen-bond acceptors (Lipinski definition) is 6. The SMILES string of the molecule is Cc1nc(CN(C)CC2(O)CCCN(CCCc3ccccc3)C2=O)no1. The monoisotopic (exact) mass is 372 g/mol. The van der Waals surface area contributed by atoms with E-state index < -0.39 is 5.60 Å². The molecule has 7 nitrogen and oxygen atoms in total. The van der Waals surface area contributed by atoms with Crippen LogP contribution in [0.15, 0.2) is 34.9 Å². The summed E-state index contributed by atoms with van der Waals surface area (Å²) in [5.41, 5.74) is -0.0780. The number of aliphatic hydroxyl groups is 1. The van der Waals surface area contributed by atoms with Crippen molar-refractivity contribution in [3.05, 3.63) is 47.6 Å². The van der Waals surface area contributed by atoms with E-state index in [0.717, 1.165) is 19.3 Å². The average molecular weight is 372 g/mol. The first-order valence-electron chi connectivity index (χ1n) is 9.50. The van der Waals surface area contributed by atoms with Crippen molar-refractivity contribution in [3.8, 4) is 0 Å². The van der Waals surface area contributed by atoms with Gasteiger partial charge >= 0.3 is 0 Å². The second-order valence-corrected chi connectivity index (χ2v) is 7.42. The van der Waals surface area contributed by atoms with Crippen LogP contribution >= 0.6 is 0 Å². The second kappa shape index (κ2) is 8.63. The predicted molar refractivity (Wildman–Crippen MR) is 101 cm³/mol. The van der Waals surface area contributed by atoms with Crippen LogP contribution in [0.25, 0.3) is 0 Å². The van der Waals surface area contributed by atoms with Gasteiger partial charge in [0.25, 0.3) is 5.91 Å². The van der Waals surface area contributed by atoms with Gasteiger partial charge in [-0.15, -0.1) is 0 Å². The fourth-order valence-electron chi connectivity index (χ4n) is 3.69. The fraction of sp³-hybridized carbons (Fsp3) is 0.550. The van der Waals surface area contributed by atoms with Crippen LogP contribution in [0.1, 0.15) is 36.5 Å². The molecule has 0 radical (unpaired) electrons. The van der Waals surface area contributed by atoms with Gasteiger partial charge in [0, 0.05) is 26.6 Å². The summed E-state index contributed by atoms with van der Waals surface area (Å²) in [6, 6.07) is 10.3. The maximum absolute atomic E-state index is 12.9. The summed E-state index contributed by atoms with van der Waals surface area (Å²) < 4.78 is 4.97. The maximum atomic E-state index is 12.9. The van der Waals surface area contributed by atoms with E-state index in [1.54, 1.807) is 11.8 Å². The van der Waals surface area contributed by atoms with Gasteiger partial charge in [0.05, 0.1) is 6.54 Å². The summed E-state index contributed by atoms with van der Waals surface area (Å²) in [6.07, 6.45) is 3.11. The van der Waals surface area contributed by atoms with Gasteiger partial charge in [0.1, 0.15) is 0 Å². The third kappa shape index (κ3) is 5.14. The van der Waals surface area contributed by atoms with E-state index in [9.17, 15) is 9.90 Å². The van der Waals surface area contributed by atoms with Gasteiger partial charge in [0.15, 0.2) is 11.4 Å². The number of rotatable bonds is 8. The molecular weight excluding hydrogens is 344 g/mol. The summed E-state index contributed by atoms with van der Waals surface area (Å²) in [4.78, 5) is 20.7. The molecule has 1 unspecified atom stereocenters. The Kier molecular flexibility index (Phi) is 6.23. The van der Waals surface area contributed by atoms with E-state index >= 15 is 0 Å². The largest absolute Gasteiger partial charge is 0.379 e. The topological polar surface area (TPSA) is 82.7 Å². The lowest BCUT2D eigenvalue weighted by atomic mass is 9.91. The molecule has 1 saturated heterocycles. The molecule has 2 heterocycles. The van der Waals surface area contributed by atoms with E-state index in [0.29, 0.717) is 37.8 Å². The molecule has 1 aromatic heterocycles. The van der Waals surface area contributed by atoms with E-state index in [1.807, 2.05) is 30.1 Å². The van der Waals surface area contributed by atoms with Crippen LogP contribution in [0.2, 0.25) is 0 Å². The minimum Gasteiger partial charge on any atom is -0.379 e. The number of hydrogen-bond donors (Lipinski definition) is 1. The quantitative estimate of drug-likeness (QED) is 0.761. The van der Waals surface area contributed by atoms with Gasteiger partial charge in [-0.25, -0.2) is 0 Å². The fourth-order valence-corrected chi connectivity index (χ4v) is 3.69. The van der Waals surface area contributed by atoms with Crippen LogP contribution < -0.4 is 0 Å². The molecule has 1 aromatic carbocycles. The van der Waals surface area contributed by atoms with Crippen molar-refractivity contribution in [1.82, 2.24) is 19.9 Å². The zero-order chi connectivity index (χ0) is 19.3. The van der Waals surface area contributed by atoms with Crippen molar-refractivity contribution < 1.29 is 14.4 Å². The molecule has 1 atom stereocenters. The van der Waals surface area contributed by atoms with Crippen LogP contribution in [0.4, 0.5) is 0 Å². The lowest BCUT2D eigenvalue weighted by molar-refractivity contribution is -0.159. The summed E-state index contributed by atoms with van der Waals surface area (Å²) in [5, 5.41) is 14.9. The molecule has 2 aromatic rings. The molecule has 0 spiro atoms. The minimum atomic E-state index is -1.35. The Morgan fingerprint density at radius 3 is 2.81 bits per heavy atom. The summed E-state index contributed by atoms with van der Waals surface area (Å²) >= 11 is 0. The van der Waals surface area contributed by atoms with Crippen molar-refractivity contribution in [2.45, 2.75) is 44.8 Å².